The lowest BCUT2D eigenvalue weighted by Crippen LogP contribution is -2.38. The van der Waals surface area contributed by atoms with Crippen LogP contribution < -0.4 is 5.32 Å². The second kappa shape index (κ2) is 8.78. The smallest absolute Gasteiger partial charge is 0.268 e. The van der Waals surface area contributed by atoms with Gasteiger partial charge in [0, 0.05) is 55.2 Å². The predicted molar refractivity (Wildman–Crippen MR) is 133 cm³/mol. The van der Waals surface area contributed by atoms with Crippen molar-refractivity contribution in [3.63, 3.8) is 0 Å². The van der Waals surface area contributed by atoms with Crippen molar-refractivity contribution in [2.24, 2.45) is 7.05 Å². The lowest BCUT2D eigenvalue weighted by molar-refractivity contribution is 0.0942. The van der Waals surface area contributed by atoms with E-state index in [1.807, 2.05) is 29.7 Å². The molecule has 0 saturated carbocycles. The number of carbonyl (C=O) groups excluding carboxylic acids is 1. The molecule has 0 unspecified atom stereocenters. The quantitative estimate of drug-likeness (QED) is 0.442. The van der Waals surface area contributed by atoms with E-state index < -0.39 is 10.0 Å². The van der Waals surface area contributed by atoms with Gasteiger partial charge < -0.3 is 14.5 Å². The fraction of sp³-hybridized carbons (Fsp3) is 0.292. The number of rotatable bonds is 5. The number of hydrogen-bond acceptors (Lipinski definition) is 5. The number of pyridine rings is 1. The minimum atomic E-state index is -3.80. The molecule has 0 aliphatic carbocycles. The molecule has 35 heavy (non-hydrogen) atoms. The van der Waals surface area contributed by atoms with Crippen molar-refractivity contribution >= 4 is 38.4 Å². The molecule has 1 aliphatic heterocycles. The number of halogens is 1. The summed E-state index contributed by atoms with van der Waals surface area (Å²) in [5, 5.41) is 4.26. The van der Waals surface area contributed by atoms with Crippen molar-refractivity contribution in [3.05, 3.63) is 76.2 Å². The number of carbonyl (C=O) groups is 1. The topological polar surface area (TPSA) is 102 Å². The number of aryl methyl sites for hydroxylation is 1. The van der Waals surface area contributed by atoms with Crippen molar-refractivity contribution < 1.29 is 13.2 Å². The van der Waals surface area contributed by atoms with Gasteiger partial charge in [0.25, 0.3) is 5.91 Å². The van der Waals surface area contributed by atoms with Crippen LogP contribution in [0.3, 0.4) is 0 Å². The Kier molecular flexibility index (Phi) is 5.90. The summed E-state index contributed by atoms with van der Waals surface area (Å²) in [6.07, 6.45) is 3.41. The molecule has 4 heterocycles. The van der Waals surface area contributed by atoms with E-state index in [1.165, 1.54) is 10.4 Å². The second-order valence-electron chi connectivity index (χ2n) is 8.60. The molecular formula is C24H25ClN6O3S. The fourth-order valence-electron chi connectivity index (χ4n) is 4.54. The Balaban J connectivity index is 1.40. The average Bonchev–Trinajstić information content (AvgIpc) is 3.37. The van der Waals surface area contributed by atoms with Gasteiger partial charge in [0.2, 0.25) is 10.0 Å². The molecule has 11 heteroatoms. The molecule has 0 radical (unpaired) electrons. The van der Waals surface area contributed by atoms with E-state index >= 15 is 0 Å². The first kappa shape index (κ1) is 23.5. The summed E-state index contributed by atoms with van der Waals surface area (Å²) >= 11 is 6.40. The van der Waals surface area contributed by atoms with Gasteiger partial charge in [-0.25, -0.2) is 13.4 Å². The Morgan fingerprint density at radius 2 is 1.97 bits per heavy atom. The molecule has 0 atom stereocenters. The van der Waals surface area contributed by atoms with Gasteiger partial charge in [0.05, 0.1) is 17.8 Å². The van der Waals surface area contributed by atoms with Crippen molar-refractivity contribution in [1.29, 1.82) is 0 Å². The van der Waals surface area contributed by atoms with E-state index in [2.05, 4.69) is 15.3 Å². The van der Waals surface area contributed by atoms with Gasteiger partial charge in [-0.1, -0.05) is 17.7 Å². The molecule has 182 valence electrons. The Bertz CT molecular complexity index is 1570. The number of fused-ring (bicyclic) bond motifs is 2. The summed E-state index contributed by atoms with van der Waals surface area (Å²) in [5.74, 6) is 0.482. The van der Waals surface area contributed by atoms with E-state index in [9.17, 15) is 13.2 Å². The molecule has 0 spiro atoms. The number of nitrogens with one attached hydrogen (secondary N) is 1. The van der Waals surface area contributed by atoms with Crippen molar-refractivity contribution in [3.8, 4) is 0 Å². The summed E-state index contributed by atoms with van der Waals surface area (Å²) in [7, 11) is -2.11. The summed E-state index contributed by atoms with van der Waals surface area (Å²) < 4.78 is 32.1. The summed E-state index contributed by atoms with van der Waals surface area (Å²) in [6, 6.07) is 8.75. The summed E-state index contributed by atoms with van der Waals surface area (Å²) in [6.45, 7) is 4.92. The molecule has 1 aliphatic rings. The first-order valence-electron chi connectivity index (χ1n) is 11.2. The largest absolute Gasteiger partial charge is 0.347 e. The maximum absolute atomic E-state index is 13.5. The lowest BCUT2D eigenvalue weighted by Gasteiger charge is -2.28. The van der Waals surface area contributed by atoms with Gasteiger partial charge in [-0.2, -0.15) is 4.31 Å². The number of hydrogen-bond donors (Lipinski definition) is 1. The SMILES string of the molecule is Cc1c(S(=O)(=O)N2CCn3c(cnc3C)C2)cc(C(=O)NCc2c(Cl)ccc3ncccc23)n1C. The van der Waals surface area contributed by atoms with E-state index in [1.54, 1.807) is 37.0 Å². The highest BCUT2D eigenvalue weighted by Crippen LogP contribution is 2.28. The van der Waals surface area contributed by atoms with Gasteiger partial charge in [-0.3, -0.25) is 9.78 Å². The molecule has 0 bridgehead atoms. The first-order valence-corrected chi connectivity index (χ1v) is 13.0. The van der Waals surface area contributed by atoms with Crippen LogP contribution in [0.5, 0.6) is 0 Å². The average molecular weight is 513 g/mol. The molecule has 1 aromatic carbocycles. The maximum atomic E-state index is 13.5. The summed E-state index contributed by atoms with van der Waals surface area (Å²) in [5.41, 5.74) is 3.14. The lowest BCUT2D eigenvalue weighted by atomic mass is 10.1. The van der Waals surface area contributed by atoms with E-state index in [-0.39, 0.29) is 29.6 Å². The third-order valence-electron chi connectivity index (χ3n) is 6.65. The molecular weight excluding hydrogens is 488 g/mol. The minimum absolute atomic E-state index is 0.127. The van der Waals surface area contributed by atoms with Crippen LogP contribution in [0.2, 0.25) is 5.02 Å². The highest BCUT2D eigenvalue weighted by molar-refractivity contribution is 7.89. The predicted octanol–water partition coefficient (Wildman–Crippen LogP) is 3.17. The first-order chi connectivity index (χ1) is 16.7. The van der Waals surface area contributed by atoms with Gasteiger partial charge >= 0.3 is 0 Å². The van der Waals surface area contributed by atoms with Gasteiger partial charge in [-0.15, -0.1) is 0 Å². The Morgan fingerprint density at radius 1 is 1.17 bits per heavy atom. The van der Waals surface area contributed by atoms with Crippen LogP contribution in [-0.4, -0.2) is 44.3 Å². The molecule has 9 nitrogen and oxygen atoms in total. The van der Waals surface area contributed by atoms with Crippen LogP contribution in [0.1, 0.15) is 33.3 Å². The standard InChI is InChI=1S/C24H25ClN6O3S/c1-15-23(35(33,34)30-9-10-31-16(2)27-12-17(31)14-30)11-22(29(15)3)24(32)28-13-19-18-5-4-8-26-21(18)7-6-20(19)25/h4-8,11-12H,9-10,13-14H2,1-3H3,(H,28,32). The molecule has 0 saturated heterocycles. The molecule has 1 amide bonds. The van der Waals surface area contributed by atoms with Gasteiger partial charge in [-0.05, 0) is 43.7 Å². The van der Waals surface area contributed by atoms with Gasteiger partial charge in [0.1, 0.15) is 16.4 Å². The van der Waals surface area contributed by atoms with Crippen molar-refractivity contribution in [2.75, 3.05) is 6.54 Å². The number of amides is 1. The fourth-order valence-corrected chi connectivity index (χ4v) is 6.44. The second-order valence-corrected chi connectivity index (χ2v) is 10.9. The Morgan fingerprint density at radius 3 is 2.77 bits per heavy atom. The minimum Gasteiger partial charge on any atom is -0.347 e. The van der Waals surface area contributed by atoms with Gasteiger partial charge in [0.15, 0.2) is 0 Å². The third-order valence-corrected chi connectivity index (χ3v) is 8.97. The molecule has 5 rings (SSSR count). The van der Waals surface area contributed by atoms with Crippen LogP contribution in [0, 0.1) is 13.8 Å². The van der Waals surface area contributed by atoms with Crippen LogP contribution in [-0.2, 0) is 36.7 Å². The van der Waals surface area contributed by atoms with Crippen LogP contribution in [0.25, 0.3) is 10.9 Å². The Labute approximate surface area is 208 Å². The van der Waals surface area contributed by atoms with Crippen LogP contribution in [0.15, 0.2) is 47.6 Å². The van der Waals surface area contributed by atoms with E-state index in [4.69, 9.17) is 11.6 Å². The van der Waals surface area contributed by atoms with Crippen molar-refractivity contribution in [1.82, 2.24) is 28.7 Å². The third kappa shape index (κ3) is 4.01. The zero-order valence-electron chi connectivity index (χ0n) is 19.6. The summed E-state index contributed by atoms with van der Waals surface area (Å²) in [4.78, 5) is 21.9. The molecule has 1 N–H and O–H groups in total. The number of nitrogens with zero attached hydrogens (tertiary/aromatic N) is 5. The number of aromatic nitrogens is 4. The molecule has 0 fully saturated rings. The number of sulfonamides is 1. The van der Waals surface area contributed by atoms with E-state index in [0.717, 1.165) is 28.0 Å². The highest BCUT2D eigenvalue weighted by Gasteiger charge is 2.33. The maximum Gasteiger partial charge on any atom is 0.268 e. The zero-order valence-corrected chi connectivity index (χ0v) is 21.2. The van der Waals surface area contributed by atoms with Crippen LogP contribution >= 0.6 is 11.6 Å². The zero-order chi connectivity index (χ0) is 24.9. The number of imidazole rings is 1. The monoisotopic (exact) mass is 512 g/mol. The van der Waals surface area contributed by atoms with E-state index in [0.29, 0.717) is 23.8 Å². The highest BCUT2D eigenvalue weighted by atomic mass is 35.5. The molecule has 4 aromatic rings. The van der Waals surface area contributed by atoms with Crippen molar-refractivity contribution in [2.45, 2.75) is 38.4 Å². The normalized spacial score (nSPS) is 14.3. The Hall–Kier alpha value is -3.21. The molecule has 3 aromatic heterocycles. The van der Waals surface area contributed by atoms with Crippen LogP contribution in [0.4, 0.5) is 0 Å². The number of benzene rings is 1.